The van der Waals surface area contributed by atoms with Gasteiger partial charge in [-0.3, -0.25) is 9.36 Å². The first kappa shape index (κ1) is 20.4. The number of benzene rings is 2. The number of nitrogens with one attached hydrogen (secondary N) is 2. The van der Waals surface area contributed by atoms with Crippen molar-refractivity contribution in [3.8, 4) is 5.69 Å². The summed E-state index contributed by atoms with van der Waals surface area (Å²) in [6.45, 7) is 1.87. The minimum atomic E-state index is -0.501. The van der Waals surface area contributed by atoms with Crippen molar-refractivity contribution in [3.05, 3.63) is 87.0 Å². The van der Waals surface area contributed by atoms with Crippen molar-refractivity contribution in [1.82, 2.24) is 24.5 Å². The first-order valence-electron chi connectivity index (χ1n) is 9.63. The Balaban J connectivity index is 1.74. The summed E-state index contributed by atoms with van der Waals surface area (Å²) in [4.78, 5) is 29.1. The van der Waals surface area contributed by atoms with E-state index in [0.717, 1.165) is 0 Å². The monoisotopic (exact) mass is 468 g/mol. The molecule has 0 spiro atoms. The predicted molar refractivity (Wildman–Crippen MR) is 123 cm³/mol. The maximum Gasteiger partial charge on any atom is 0.263 e. The molecule has 0 saturated carbocycles. The predicted octanol–water partition coefficient (Wildman–Crippen LogP) is 5.28. The molecule has 0 fully saturated rings. The summed E-state index contributed by atoms with van der Waals surface area (Å²) in [7, 11) is 0. The molecule has 10 heteroatoms. The summed E-state index contributed by atoms with van der Waals surface area (Å²) in [5.41, 5.74) is 1.71. The van der Waals surface area contributed by atoms with E-state index in [2.05, 4.69) is 25.3 Å². The van der Waals surface area contributed by atoms with E-state index in [0.29, 0.717) is 43.8 Å². The molecule has 0 saturated heterocycles. The topological polar surface area (TPSA) is 88.5 Å². The van der Waals surface area contributed by atoms with Crippen molar-refractivity contribution < 1.29 is 4.39 Å². The minimum Gasteiger partial charge on any atom is -0.360 e. The number of hydrogen-bond acceptors (Lipinski definition) is 5. The molecule has 2 aromatic carbocycles. The van der Waals surface area contributed by atoms with Crippen LogP contribution in [0.25, 0.3) is 27.6 Å². The maximum atomic E-state index is 13.9. The van der Waals surface area contributed by atoms with Crippen molar-refractivity contribution in [1.29, 1.82) is 0 Å². The van der Waals surface area contributed by atoms with Gasteiger partial charge >= 0.3 is 0 Å². The molecule has 5 rings (SSSR count). The van der Waals surface area contributed by atoms with E-state index in [9.17, 15) is 9.18 Å². The Kier molecular flexibility index (Phi) is 5.03. The SMILES string of the molecule is CC(Nc1ncnc2[nH]cnc12)c1cc2ccc(F)cc2c(=O)n1-c1cc(Cl)ccc1Cl. The lowest BCUT2D eigenvalue weighted by molar-refractivity contribution is 0.629. The molecule has 0 amide bonds. The molecule has 0 aliphatic rings. The normalized spacial score (nSPS) is 12.4. The zero-order valence-corrected chi connectivity index (χ0v) is 18.1. The fourth-order valence-electron chi connectivity index (χ4n) is 3.67. The average molecular weight is 469 g/mol. The van der Waals surface area contributed by atoms with E-state index >= 15 is 0 Å². The Morgan fingerprint density at radius 1 is 1.09 bits per heavy atom. The summed E-state index contributed by atoms with van der Waals surface area (Å²) in [6, 6.07) is 10.4. The quantitative estimate of drug-likeness (QED) is 0.374. The van der Waals surface area contributed by atoms with Gasteiger partial charge in [-0.15, -0.1) is 0 Å². The first-order chi connectivity index (χ1) is 15.4. The van der Waals surface area contributed by atoms with Gasteiger partial charge in [0.1, 0.15) is 17.7 Å². The third kappa shape index (κ3) is 3.47. The van der Waals surface area contributed by atoms with Crippen LogP contribution in [0, 0.1) is 5.82 Å². The number of fused-ring (bicyclic) bond motifs is 2. The van der Waals surface area contributed by atoms with Gasteiger partial charge < -0.3 is 10.3 Å². The van der Waals surface area contributed by atoms with Crippen LogP contribution >= 0.6 is 23.2 Å². The van der Waals surface area contributed by atoms with Gasteiger partial charge in [0.2, 0.25) is 0 Å². The van der Waals surface area contributed by atoms with Crippen LogP contribution in [0.5, 0.6) is 0 Å². The molecule has 1 unspecified atom stereocenters. The molecule has 0 bridgehead atoms. The van der Waals surface area contributed by atoms with Gasteiger partial charge in [0.05, 0.1) is 28.5 Å². The highest BCUT2D eigenvalue weighted by molar-refractivity contribution is 6.34. The van der Waals surface area contributed by atoms with Crippen LogP contribution < -0.4 is 10.9 Å². The number of rotatable bonds is 4. The van der Waals surface area contributed by atoms with Crippen LogP contribution in [0.4, 0.5) is 10.2 Å². The van der Waals surface area contributed by atoms with Gasteiger partial charge in [0, 0.05) is 10.7 Å². The second-order valence-electron chi connectivity index (χ2n) is 7.23. The van der Waals surface area contributed by atoms with Crippen molar-refractivity contribution in [2.75, 3.05) is 5.32 Å². The van der Waals surface area contributed by atoms with E-state index in [4.69, 9.17) is 23.2 Å². The molecule has 160 valence electrons. The zero-order chi connectivity index (χ0) is 22.4. The fourth-order valence-corrected chi connectivity index (χ4v) is 4.04. The number of aromatic nitrogens is 5. The van der Waals surface area contributed by atoms with Gasteiger partial charge in [-0.25, -0.2) is 19.3 Å². The van der Waals surface area contributed by atoms with Crippen LogP contribution in [0.15, 0.2) is 59.9 Å². The zero-order valence-electron chi connectivity index (χ0n) is 16.6. The van der Waals surface area contributed by atoms with Crippen molar-refractivity contribution in [2.45, 2.75) is 13.0 Å². The van der Waals surface area contributed by atoms with Gasteiger partial charge in [0.15, 0.2) is 11.5 Å². The number of nitrogens with zero attached hydrogens (tertiary/aromatic N) is 4. The number of H-pyrrole nitrogens is 1. The molecule has 5 aromatic rings. The van der Waals surface area contributed by atoms with Crippen LogP contribution in [0.2, 0.25) is 10.0 Å². The summed E-state index contributed by atoms with van der Waals surface area (Å²) < 4.78 is 15.4. The van der Waals surface area contributed by atoms with Crippen molar-refractivity contribution in [3.63, 3.8) is 0 Å². The molecular weight excluding hydrogens is 454 g/mol. The lowest BCUT2D eigenvalue weighted by Crippen LogP contribution is -2.26. The number of anilines is 1. The fraction of sp³-hybridized carbons (Fsp3) is 0.0909. The highest BCUT2D eigenvalue weighted by Gasteiger charge is 2.20. The van der Waals surface area contributed by atoms with Gasteiger partial charge in [-0.1, -0.05) is 29.3 Å². The standard InChI is InChI=1S/C22H15Cl2FN6O/c1-11(30-21-19-20(27-9-26-19)28-10-29-21)17-6-12-2-4-14(25)8-15(12)22(32)31(17)18-7-13(23)3-5-16(18)24/h2-11H,1H3,(H2,26,27,28,29,30). The minimum absolute atomic E-state index is 0.230. The van der Waals surface area contributed by atoms with Crippen molar-refractivity contribution >= 4 is 51.0 Å². The van der Waals surface area contributed by atoms with Gasteiger partial charge in [-0.05, 0) is 48.7 Å². The third-order valence-corrected chi connectivity index (χ3v) is 5.73. The molecule has 0 aliphatic heterocycles. The van der Waals surface area contributed by atoms with Crippen LogP contribution in [0.3, 0.4) is 0 Å². The average Bonchev–Trinajstić information content (AvgIpc) is 3.26. The second-order valence-corrected chi connectivity index (χ2v) is 8.07. The molecular formula is C22H15Cl2FN6O. The van der Waals surface area contributed by atoms with Gasteiger partial charge in [0.25, 0.3) is 5.56 Å². The van der Waals surface area contributed by atoms with Crippen molar-refractivity contribution in [2.24, 2.45) is 0 Å². The third-order valence-electron chi connectivity index (χ3n) is 5.17. The van der Waals surface area contributed by atoms with Gasteiger partial charge in [-0.2, -0.15) is 0 Å². The Hall–Kier alpha value is -3.49. The Labute approximate surface area is 190 Å². The summed E-state index contributed by atoms with van der Waals surface area (Å²) in [6.07, 6.45) is 2.95. The van der Waals surface area contributed by atoms with E-state index < -0.39 is 17.4 Å². The summed E-state index contributed by atoms with van der Waals surface area (Å²) in [5, 5.41) is 4.86. The Bertz CT molecular complexity index is 1550. The van der Waals surface area contributed by atoms with E-state index in [1.807, 2.05) is 13.0 Å². The molecule has 0 radical (unpaired) electrons. The number of hydrogen-bond donors (Lipinski definition) is 2. The number of aromatic amines is 1. The first-order valence-corrected chi connectivity index (χ1v) is 10.4. The van der Waals surface area contributed by atoms with Crippen LogP contribution in [-0.4, -0.2) is 24.5 Å². The molecule has 3 heterocycles. The number of pyridine rings is 1. The van der Waals surface area contributed by atoms with Crippen LogP contribution in [-0.2, 0) is 0 Å². The number of imidazole rings is 1. The molecule has 2 N–H and O–H groups in total. The molecule has 3 aromatic heterocycles. The Morgan fingerprint density at radius 2 is 1.94 bits per heavy atom. The highest BCUT2D eigenvalue weighted by Crippen LogP contribution is 2.30. The lowest BCUT2D eigenvalue weighted by atomic mass is 10.1. The smallest absolute Gasteiger partial charge is 0.263 e. The van der Waals surface area contributed by atoms with Crippen LogP contribution in [0.1, 0.15) is 18.7 Å². The number of halogens is 3. The largest absolute Gasteiger partial charge is 0.360 e. The summed E-state index contributed by atoms with van der Waals surface area (Å²) in [5.74, 6) is -0.00156. The lowest BCUT2D eigenvalue weighted by Gasteiger charge is -2.22. The molecule has 7 nitrogen and oxygen atoms in total. The maximum absolute atomic E-state index is 13.9. The summed E-state index contributed by atoms with van der Waals surface area (Å²) >= 11 is 12.6. The van der Waals surface area contributed by atoms with E-state index in [1.165, 1.54) is 29.4 Å². The Morgan fingerprint density at radius 3 is 2.78 bits per heavy atom. The highest BCUT2D eigenvalue weighted by atomic mass is 35.5. The van der Waals surface area contributed by atoms with E-state index in [-0.39, 0.29) is 5.39 Å². The van der Waals surface area contributed by atoms with E-state index in [1.54, 1.807) is 24.3 Å². The molecule has 0 aliphatic carbocycles. The molecule has 1 atom stereocenters. The second kappa shape index (κ2) is 7.89. The molecule has 32 heavy (non-hydrogen) atoms.